The number of carbonyl (C=O) groups is 1. The van der Waals surface area contributed by atoms with E-state index in [2.05, 4.69) is 5.32 Å². The van der Waals surface area contributed by atoms with E-state index in [9.17, 15) is 13.2 Å². The van der Waals surface area contributed by atoms with E-state index in [0.29, 0.717) is 19.3 Å². The number of sulfone groups is 1. The topological polar surface area (TPSA) is 89.3 Å². The zero-order valence-corrected chi connectivity index (χ0v) is 17.5. The summed E-state index contributed by atoms with van der Waals surface area (Å²) in [7, 11) is -3.71. The van der Waals surface area contributed by atoms with Crippen LogP contribution >= 0.6 is 0 Å². The molecule has 3 rings (SSSR count). The molecule has 6 heteroatoms. The number of primary amides is 1. The molecule has 0 bridgehead atoms. The van der Waals surface area contributed by atoms with E-state index in [0.717, 1.165) is 11.1 Å². The molecule has 3 N–H and O–H groups in total. The van der Waals surface area contributed by atoms with E-state index in [1.165, 1.54) is 0 Å². The molecule has 1 unspecified atom stereocenters. The first-order chi connectivity index (χ1) is 14.5. The standard InChI is InChI=1S/C24H26N2O3S/c25-24(27)22(18-20-12-6-2-7-13-20)26-23(17-16-19-10-4-1-5-11-19)30(28,29)21-14-8-3-9-15-21/h1-15,22-23,26H,16-18H2,(H2,25,27)/t22-,23?/m0/s1. The summed E-state index contributed by atoms with van der Waals surface area (Å²) < 4.78 is 26.7. The molecule has 3 aromatic carbocycles. The maximum Gasteiger partial charge on any atom is 0.234 e. The molecule has 1 amide bonds. The second-order valence-electron chi connectivity index (χ2n) is 7.18. The normalized spacial score (nSPS) is 13.5. The van der Waals surface area contributed by atoms with E-state index >= 15 is 0 Å². The Balaban J connectivity index is 1.86. The summed E-state index contributed by atoms with van der Waals surface area (Å²) in [5.41, 5.74) is 7.57. The van der Waals surface area contributed by atoms with Crippen LogP contribution < -0.4 is 11.1 Å². The quantitative estimate of drug-likeness (QED) is 0.525. The molecule has 0 radical (unpaired) electrons. The summed E-state index contributed by atoms with van der Waals surface area (Å²) in [5, 5.41) is 2.11. The Morgan fingerprint density at radius 2 is 1.30 bits per heavy atom. The van der Waals surface area contributed by atoms with Gasteiger partial charge >= 0.3 is 0 Å². The molecule has 0 fully saturated rings. The Morgan fingerprint density at radius 3 is 1.83 bits per heavy atom. The van der Waals surface area contributed by atoms with Gasteiger partial charge in [0.1, 0.15) is 5.37 Å². The van der Waals surface area contributed by atoms with Gasteiger partial charge in [-0.3, -0.25) is 10.1 Å². The lowest BCUT2D eigenvalue weighted by molar-refractivity contribution is -0.120. The lowest BCUT2D eigenvalue weighted by Crippen LogP contribution is -2.50. The Bertz CT molecular complexity index is 1040. The van der Waals surface area contributed by atoms with Crippen LogP contribution in [0.2, 0.25) is 0 Å². The second-order valence-corrected chi connectivity index (χ2v) is 9.31. The first-order valence-corrected chi connectivity index (χ1v) is 11.4. The number of hydrogen-bond acceptors (Lipinski definition) is 4. The van der Waals surface area contributed by atoms with Crippen molar-refractivity contribution in [2.75, 3.05) is 0 Å². The van der Waals surface area contributed by atoms with Gasteiger partial charge in [0.15, 0.2) is 9.84 Å². The van der Waals surface area contributed by atoms with Crippen molar-refractivity contribution in [3.05, 3.63) is 102 Å². The van der Waals surface area contributed by atoms with Crippen molar-refractivity contribution in [3.63, 3.8) is 0 Å². The van der Waals surface area contributed by atoms with Crippen molar-refractivity contribution in [2.24, 2.45) is 5.73 Å². The minimum absolute atomic E-state index is 0.221. The van der Waals surface area contributed by atoms with Gasteiger partial charge in [-0.1, -0.05) is 78.9 Å². The van der Waals surface area contributed by atoms with Crippen LogP contribution in [-0.4, -0.2) is 25.7 Å². The smallest absolute Gasteiger partial charge is 0.234 e. The molecule has 0 aliphatic rings. The Kier molecular flexibility index (Phi) is 7.38. The number of rotatable bonds is 10. The maximum atomic E-state index is 13.3. The SMILES string of the molecule is NC(=O)[C@H](Cc1ccccc1)NC(CCc1ccccc1)S(=O)(=O)c1ccccc1. The van der Waals surface area contributed by atoms with Crippen molar-refractivity contribution in [3.8, 4) is 0 Å². The molecule has 0 saturated carbocycles. The lowest BCUT2D eigenvalue weighted by atomic mass is 10.0. The molecule has 0 heterocycles. The van der Waals surface area contributed by atoms with Gasteiger partial charge in [-0.05, 0) is 42.5 Å². The van der Waals surface area contributed by atoms with Crippen LogP contribution in [0.4, 0.5) is 0 Å². The average molecular weight is 423 g/mol. The van der Waals surface area contributed by atoms with Crippen molar-refractivity contribution in [1.29, 1.82) is 0 Å². The monoisotopic (exact) mass is 422 g/mol. The Morgan fingerprint density at radius 1 is 0.800 bits per heavy atom. The van der Waals surface area contributed by atoms with Crippen LogP contribution in [0.5, 0.6) is 0 Å². The van der Waals surface area contributed by atoms with Gasteiger partial charge in [0.2, 0.25) is 5.91 Å². The lowest BCUT2D eigenvalue weighted by Gasteiger charge is -2.24. The van der Waals surface area contributed by atoms with Crippen molar-refractivity contribution in [1.82, 2.24) is 5.32 Å². The molecule has 0 aliphatic carbocycles. The number of nitrogens with one attached hydrogen (secondary N) is 1. The number of aryl methyl sites for hydroxylation is 1. The molecular formula is C24H26N2O3S. The van der Waals surface area contributed by atoms with Gasteiger partial charge in [-0.2, -0.15) is 0 Å². The highest BCUT2D eigenvalue weighted by Crippen LogP contribution is 2.19. The minimum Gasteiger partial charge on any atom is -0.368 e. The molecule has 3 aromatic rings. The first kappa shape index (κ1) is 21.7. The summed E-state index contributed by atoms with van der Waals surface area (Å²) in [6.45, 7) is 0. The van der Waals surface area contributed by atoms with Gasteiger partial charge < -0.3 is 5.73 Å². The molecule has 0 saturated heterocycles. The van der Waals surface area contributed by atoms with Crippen molar-refractivity contribution >= 4 is 15.7 Å². The van der Waals surface area contributed by atoms with E-state index in [-0.39, 0.29) is 4.90 Å². The highest BCUT2D eigenvalue weighted by atomic mass is 32.2. The molecule has 0 aliphatic heterocycles. The van der Waals surface area contributed by atoms with Gasteiger partial charge in [0.25, 0.3) is 0 Å². The minimum atomic E-state index is -3.71. The first-order valence-electron chi connectivity index (χ1n) is 9.89. The zero-order chi connectivity index (χ0) is 21.4. The number of amides is 1. The average Bonchev–Trinajstić information content (AvgIpc) is 2.77. The molecule has 0 spiro atoms. The van der Waals surface area contributed by atoms with Crippen LogP contribution in [0, 0.1) is 0 Å². The van der Waals surface area contributed by atoms with Gasteiger partial charge in [0, 0.05) is 0 Å². The van der Waals surface area contributed by atoms with Crippen molar-refractivity contribution < 1.29 is 13.2 Å². The van der Waals surface area contributed by atoms with Gasteiger partial charge in [-0.25, -0.2) is 8.42 Å². The number of benzene rings is 3. The summed E-state index contributed by atoms with van der Waals surface area (Å²) in [5.74, 6) is -0.577. The molecule has 2 atom stereocenters. The molecule has 156 valence electrons. The van der Waals surface area contributed by atoms with E-state index in [1.807, 2.05) is 60.7 Å². The second kappa shape index (κ2) is 10.2. The maximum absolute atomic E-state index is 13.3. The third-order valence-corrected chi connectivity index (χ3v) is 7.05. The van der Waals surface area contributed by atoms with Crippen LogP contribution in [0.15, 0.2) is 95.9 Å². The summed E-state index contributed by atoms with van der Waals surface area (Å²) >= 11 is 0. The highest BCUT2D eigenvalue weighted by Gasteiger charge is 2.31. The molecule has 0 aromatic heterocycles. The number of hydrogen-bond donors (Lipinski definition) is 2. The third-order valence-electron chi connectivity index (χ3n) is 5.00. The largest absolute Gasteiger partial charge is 0.368 e. The summed E-state index contributed by atoms with van der Waals surface area (Å²) in [6.07, 6.45) is 1.20. The van der Waals surface area contributed by atoms with Crippen molar-refractivity contribution in [2.45, 2.75) is 35.6 Å². The van der Waals surface area contributed by atoms with E-state index in [1.54, 1.807) is 30.3 Å². The highest BCUT2D eigenvalue weighted by molar-refractivity contribution is 7.92. The van der Waals surface area contributed by atoms with Crippen LogP contribution in [0.1, 0.15) is 17.5 Å². The van der Waals surface area contributed by atoms with Crippen LogP contribution in [-0.2, 0) is 27.5 Å². The fourth-order valence-electron chi connectivity index (χ4n) is 3.36. The van der Waals surface area contributed by atoms with Gasteiger partial charge in [-0.15, -0.1) is 0 Å². The summed E-state index contributed by atoms with van der Waals surface area (Å²) in [6, 6.07) is 26.6. The Labute approximate surface area is 177 Å². The fraction of sp³-hybridized carbons (Fsp3) is 0.208. The van der Waals surface area contributed by atoms with Gasteiger partial charge in [0.05, 0.1) is 10.9 Å². The predicted molar refractivity (Wildman–Crippen MR) is 118 cm³/mol. The molecule has 5 nitrogen and oxygen atoms in total. The molecular weight excluding hydrogens is 396 g/mol. The Hall–Kier alpha value is -2.96. The summed E-state index contributed by atoms with van der Waals surface area (Å²) in [4.78, 5) is 12.4. The van der Waals surface area contributed by atoms with E-state index < -0.39 is 27.2 Å². The van der Waals surface area contributed by atoms with Crippen LogP contribution in [0.25, 0.3) is 0 Å². The molecule has 30 heavy (non-hydrogen) atoms. The number of carbonyl (C=O) groups excluding carboxylic acids is 1. The van der Waals surface area contributed by atoms with Crippen LogP contribution in [0.3, 0.4) is 0 Å². The third kappa shape index (κ3) is 5.78. The zero-order valence-electron chi connectivity index (χ0n) is 16.6. The number of nitrogens with two attached hydrogens (primary N) is 1. The van der Waals surface area contributed by atoms with E-state index in [4.69, 9.17) is 5.73 Å². The fourth-order valence-corrected chi connectivity index (χ4v) is 5.00. The predicted octanol–water partition coefficient (Wildman–Crippen LogP) is 3.11.